The molecule has 2 atom stereocenters. The predicted molar refractivity (Wildman–Crippen MR) is 260 cm³/mol. The Morgan fingerprint density at radius 2 is 1.32 bits per heavy atom. The van der Waals surface area contributed by atoms with E-state index in [0.29, 0.717) is 24.3 Å². The molecule has 0 aliphatic heterocycles. The number of unbranched alkanes of at least 4 members (excludes halogenated alkanes) is 12. The highest BCUT2D eigenvalue weighted by atomic mass is 19.1. The number of benzene rings is 3. The van der Waals surface area contributed by atoms with E-state index < -0.39 is 12.2 Å². The van der Waals surface area contributed by atoms with Crippen LogP contribution in [0, 0.1) is 5.82 Å². The number of likely N-dealkylation sites (N-methyl/N-ethyl adjacent to an activating group) is 1. The van der Waals surface area contributed by atoms with E-state index in [1.54, 1.807) is 12.1 Å². The normalized spacial score (nSPS) is 12.7. The number of halogens is 1. The summed E-state index contributed by atoms with van der Waals surface area (Å²) in [6.07, 6.45) is 21.1. The van der Waals surface area contributed by atoms with Crippen molar-refractivity contribution in [2.45, 2.75) is 155 Å². The number of nitrogens with one attached hydrogen (secondary N) is 2. The van der Waals surface area contributed by atoms with Gasteiger partial charge in [0.25, 0.3) is 5.91 Å². The first-order valence-electron chi connectivity index (χ1n) is 24.0. The molecule has 344 valence electrons. The number of hydrogen-bond acceptors (Lipinski definition) is 5. The van der Waals surface area contributed by atoms with Gasteiger partial charge in [-0.3, -0.25) is 9.59 Å². The molecular formula is C54H77FN4O4. The fraction of sp³-hybridized carbons (Fsp3) is 0.519. The zero-order chi connectivity index (χ0) is 45.2. The average Bonchev–Trinajstić information content (AvgIpc) is 3.62. The first-order chi connectivity index (χ1) is 30.6. The van der Waals surface area contributed by atoms with E-state index >= 15 is 0 Å². The monoisotopic (exact) mass is 865 g/mol. The number of anilines is 1. The van der Waals surface area contributed by atoms with Gasteiger partial charge in [0.2, 0.25) is 5.91 Å². The standard InChI is InChI=1S/C54H77FN4O4/c1-5-6-7-8-9-10-11-12-13-14-15-16-17-18-19-26-37-58(4)39-36-56-49(62)41-48(61)40-47(60)35-38-59-52(42(2)3)51(54(63)57-46-29-24-21-25-30-46)50(43-27-22-20-23-28-43)53(59)44-31-33-45(55)34-32-44/h12-13,20-25,27-34,42,47-48,60-61H,5-11,14-19,26,35-41H2,1-4H3,(H,56,62)(H,57,63)/b13-12-/t47-,48-/m1/s1. The molecule has 0 aliphatic carbocycles. The third-order valence-corrected chi connectivity index (χ3v) is 11.8. The Balaban J connectivity index is 1.24. The number of rotatable bonds is 31. The highest BCUT2D eigenvalue weighted by molar-refractivity contribution is 6.12. The minimum Gasteiger partial charge on any atom is -0.393 e. The van der Waals surface area contributed by atoms with Crippen LogP contribution in [-0.2, 0) is 11.3 Å². The molecule has 63 heavy (non-hydrogen) atoms. The van der Waals surface area contributed by atoms with Gasteiger partial charge in [-0.25, -0.2) is 4.39 Å². The van der Waals surface area contributed by atoms with E-state index in [1.165, 1.54) is 95.6 Å². The number of aliphatic hydroxyl groups is 2. The maximum absolute atomic E-state index is 14.3. The summed E-state index contributed by atoms with van der Waals surface area (Å²) >= 11 is 0. The second-order valence-corrected chi connectivity index (χ2v) is 17.6. The van der Waals surface area contributed by atoms with Crippen molar-refractivity contribution in [1.29, 1.82) is 0 Å². The molecule has 0 fully saturated rings. The van der Waals surface area contributed by atoms with Gasteiger partial charge in [0, 0.05) is 36.6 Å². The Kier molecular flexibility index (Phi) is 23.5. The van der Waals surface area contributed by atoms with Crippen LogP contribution in [0.4, 0.5) is 10.1 Å². The summed E-state index contributed by atoms with van der Waals surface area (Å²) in [6.45, 7) is 8.87. The molecule has 1 aromatic heterocycles. The highest BCUT2D eigenvalue weighted by Crippen LogP contribution is 2.42. The molecular weight excluding hydrogens is 788 g/mol. The van der Waals surface area contributed by atoms with Crippen LogP contribution in [0.3, 0.4) is 0 Å². The number of hydrogen-bond donors (Lipinski definition) is 4. The summed E-state index contributed by atoms with van der Waals surface area (Å²) < 4.78 is 16.3. The van der Waals surface area contributed by atoms with E-state index in [0.717, 1.165) is 47.6 Å². The molecule has 0 saturated heterocycles. The highest BCUT2D eigenvalue weighted by Gasteiger charge is 2.31. The molecule has 0 saturated carbocycles. The Bertz CT molecular complexity index is 1910. The fourth-order valence-corrected chi connectivity index (χ4v) is 8.41. The van der Waals surface area contributed by atoms with Crippen LogP contribution in [0.1, 0.15) is 152 Å². The summed E-state index contributed by atoms with van der Waals surface area (Å²) in [5.74, 6) is -0.977. The summed E-state index contributed by atoms with van der Waals surface area (Å²) in [5.41, 5.74) is 4.99. The van der Waals surface area contributed by atoms with E-state index in [9.17, 15) is 24.2 Å². The number of carbonyl (C=O) groups is 2. The largest absolute Gasteiger partial charge is 0.393 e. The Hall–Kier alpha value is -4.57. The molecule has 0 radical (unpaired) electrons. The smallest absolute Gasteiger partial charge is 0.258 e. The van der Waals surface area contributed by atoms with E-state index in [2.05, 4.69) is 46.2 Å². The lowest BCUT2D eigenvalue weighted by Crippen LogP contribution is -2.35. The van der Waals surface area contributed by atoms with Crippen LogP contribution in [0.2, 0.25) is 0 Å². The van der Waals surface area contributed by atoms with Gasteiger partial charge in [-0.15, -0.1) is 0 Å². The van der Waals surface area contributed by atoms with Crippen molar-refractivity contribution in [2.24, 2.45) is 0 Å². The van der Waals surface area contributed by atoms with Crippen LogP contribution < -0.4 is 10.6 Å². The quantitative estimate of drug-likeness (QED) is 0.0298. The van der Waals surface area contributed by atoms with Gasteiger partial charge in [-0.1, -0.05) is 139 Å². The lowest BCUT2D eigenvalue weighted by molar-refractivity contribution is -0.123. The van der Waals surface area contributed by atoms with Crippen molar-refractivity contribution in [2.75, 3.05) is 32.0 Å². The van der Waals surface area contributed by atoms with Gasteiger partial charge in [0.1, 0.15) is 5.82 Å². The van der Waals surface area contributed by atoms with Gasteiger partial charge in [0.05, 0.1) is 29.9 Å². The van der Waals surface area contributed by atoms with Gasteiger partial charge in [0.15, 0.2) is 0 Å². The van der Waals surface area contributed by atoms with Gasteiger partial charge in [-0.2, -0.15) is 0 Å². The Morgan fingerprint density at radius 3 is 1.94 bits per heavy atom. The molecule has 3 aromatic carbocycles. The van der Waals surface area contributed by atoms with Crippen molar-refractivity contribution in [3.05, 3.63) is 114 Å². The molecule has 4 rings (SSSR count). The molecule has 4 aromatic rings. The number of para-hydroxylation sites is 1. The zero-order valence-corrected chi connectivity index (χ0v) is 38.8. The summed E-state index contributed by atoms with van der Waals surface area (Å²) in [6, 6.07) is 25.3. The van der Waals surface area contributed by atoms with Crippen molar-refractivity contribution in [3.63, 3.8) is 0 Å². The first-order valence-corrected chi connectivity index (χ1v) is 24.0. The third-order valence-electron chi connectivity index (χ3n) is 11.8. The van der Waals surface area contributed by atoms with Crippen LogP contribution in [0.15, 0.2) is 97.1 Å². The molecule has 0 unspecified atom stereocenters. The zero-order valence-electron chi connectivity index (χ0n) is 38.8. The summed E-state index contributed by atoms with van der Waals surface area (Å²) in [7, 11) is 2.08. The van der Waals surface area contributed by atoms with Crippen molar-refractivity contribution in [1.82, 2.24) is 14.8 Å². The topological polar surface area (TPSA) is 107 Å². The minimum atomic E-state index is -1.02. The second-order valence-electron chi connectivity index (χ2n) is 17.6. The summed E-state index contributed by atoms with van der Waals surface area (Å²) in [5, 5.41) is 28.2. The Labute approximate surface area is 378 Å². The number of carbonyl (C=O) groups excluding carboxylic acids is 2. The van der Waals surface area contributed by atoms with Crippen molar-refractivity contribution in [3.8, 4) is 22.4 Å². The molecule has 2 amide bonds. The Morgan fingerprint density at radius 1 is 0.730 bits per heavy atom. The van der Waals surface area contributed by atoms with Gasteiger partial charge < -0.3 is 30.3 Å². The number of allylic oxidation sites excluding steroid dienone is 2. The van der Waals surface area contributed by atoms with Gasteiger partial charge in [-0.05, 0) is 112 Å². The van der Waals surface area contributed by atoms with Crippen molar-refractivity contribution < 1.29 is 24.2 Å². The van der Waals surface area contributed by atoms with E-state index in [4.69, 9.17) is 0 Å². The molecule has 0 aliphatic rings. The lowest BCUT2D eigenvalue weighted by atomic mass is 9.94. The minimum absolute atomic E-state index is 0.0281. The first kappa shape index (κ1) is 51.1. The van der Waals surface area contributed by atoms with Crippen LogP contribution >= 0.6 is 0 Å². The number of amides is 2. The van der Waals surface area contributed by atoms with E-state index in [1.807, 2.05) is 74.5 Å². The molecule has 4 N–H and O–H groups in total. The maximum atomic E-state index is 14.3. The molecule has 8 nitrogen and oxygen atoms in total. The number of aromatic nitrogens is 1. The predicted octanol–water partition coefficient (Wildman–Crippen LogP) is 12.3. The van der Waals surface area contributed by atoms with Crippen LogP contribution in [0.25, 0.3) is 22.4 Å². The molecule has 1 heterocycles. The fourth-order valence-electron chi connectivity index (χ4n) is 8.41. The summed E-state index contributed by atoms with van der Waals surface area (Å²) in [4.78, 5) is 29.4. The lowest BCUT2D eigenvalue weighted by Gasteiger charge is -2.20. The maximum Gasteiger partial charge on any atom is 0.258 e. The number of nitrogens with zero attached hydrogens (tertiary/aromatic N) is 2. The average molecular weight is 865 g/mol. The molecule has 0 bridgehead atoms. The third kappa shape index (κ3) is 18.2. The SMILES string of the molecule is CCCCCCCC/C=C\CCCCCCCCN(C)CCNC(=O)C[C@H](O)C[C@H](O)CCn1c(-c2ccc(F)cc2)c(-c2ccccc2)c(C(=O)Nc2ccccc2)c1C(C)C. The number of aliphatic hydroxyl groups excluding tert-OH is 2. The van der Waals surface area contributed by atoms with E-state index in [-0.39, 0.29) is 42.8 Å². The molecule has 0 spiro atoms. The molecule has 9 heteroatoms. The van der Waals surface area contributed by atoms with Crippen LogP contribution in [0.5, 0.6) is 0 Å². The van der Waals surface area contributed by atoms with Crippen molar-refractivity contribution >= 4 is 17.5 Å². The van der Waals surface area contributed by atoms with Gasteiger partial charge >= 0.3 is 0 Å². The van der Waals surface area contributed by atoms with Crippen LogP contribution in [-0.4, -0.2) is 70.4 Å². The second kappa shape index (κ2) is 29.0.